The Hall–Kier alpha value is -1.25. The van der Waals surface area contributed by atoms with Crippen LogP contribution in [-0.4, -0.2) is 30.5 Å². The third-order valence-corrected chi connectivity index (χ3v) is 5.07. The number of sulfonamides is 1. The van der Waals surface area contributed by atoms with E-state index in [1.807, 2.05) is 0 Å². The van der Waals surface area contributed by atoms with Gasteiger partial charge in [0, 0.05) is 0 Å². The monoisotopic (exact) mass is 329 g/mol. The van der Waals surface area contributed by atoms with Crippen molar-refractivity contribution in [2.75, 3.05) is 4.72 Å². The fraction of sp³-hybridized carbons (Fsp3) is 0.571. The average Bonchev–Trinajstić information content (AvgIpc) is 2.29. The minimum atomic E-state index is -3.64. The van der Waals surface area contributed by atoms with Crippen molar-refractivity contribution in [1.29, 1.82) is 0 Å². The second kappa shape index (κ2) is 6.89. The molecule has 0 amide bonds. The first-order valence-corrected chi connectivity index (χ1v) is 8.59. The molecule has 1 aromatic carbocycles. The molecule has 0 spiro atoms. The van der Waals surface area contributed by atoms with Crippen molar-refractivity contribution in [3.8, 4) is 5.75 Å². The summed E-state index contributed by atoms with van der Waals surface area (Å²) in [5.41, 5.74) is 1.10. The van der Waals surface area contributed by atoms with E-state index in [9.17, 15) is 8.42 Å². The van der Waals surface area contributed by atoms with Crippen LogP contribution in [0.15, 0.2) is 18.2 Å². The predicted octanol–water partition coefficient (Wildman–Crippen LogP) is 1.77. The highest BCUT2D eigenvalue weighted by Crippen LogP contribution is 2.30. The lowest BCUT2D eigenvalue weighted by atomic mass is 10.0. The number of hydrogen-bond acceptors (Lipinski definition) is 5. The van der Waals surface area contributed by atoms with E-state index in [1.54, 1.807) is 39.0 Å². The normalized spacial score (nSPS) is 12.4. The van der Waals surface area contributed by atoms with Crippen LogP contribution in [-0.2, 0) is 16.4 Å². The molecule has 124 valence electrons. The van der Waals surface area contributed by atoms with Crippen LogP contribution in [0.3, 0.4) is 0 Å². The molecule has 0 aliphatic heterocycles. The SMILES string of the molecule is CC(C)Cc1ccc(NS(=O)(=O)C(C)(C)C)c(OB(O)O)c1. The van der Waals surface area contributed by atoms with Crippen LogP contribution in [0, 0.1) is 5.92 Å². The molecule has 0 unspecified atom stereocenters. The van der Waals surface area contributed by atoms with E-state index in [2.05, 4.69) is 18.6 Å². The Morgan fingerprint density at radius 3 is 2.32 bits per heavy atom. The van der Waals surface area contributed by atoms with E-state index in [-0.39, 0.29) is 11.4 Å². The molecule has 0 atom stereocenters. The van der Waals surface area contributed by atoms with Crippen molar-refractivity contribution >= 4 is 23.0 Å². The van der Waals surface area contributed by atoms with Crippen molar-refractivity contribution < 1.29 is 23.1 Å². The van der Waals surface area contributed by atoms with Crippen molar-refractivity contribution in [2.45, 2.75) is 45.8 Å². The van der Waals surface area contributed by atoms with Gasteiger partial charge in [-0.2, -0.15) is 0 Å². The summed E-state index contributed by atoms with van der Waals surface area (Å²) in [7, 11) is -5.66. The molecule has 6 nitrogen and oxygen atoms in total. The van der Waals surface area contributed by atoms with E-state index >= 15 is 0 Å². The molecule has 1 aromatic rings. The molecule has 0 saturated carbocycles. The molecule has 0 heterocycles. The molecule has 0 saturated heterocycles. The summed E-state index contributed by atoms with van der Waals surface area (Å²) < 4.78 is 30.8. The van der Waals surface area contributed by atoms with E-state index < -0.39 is 22.1 Å². The highest BCUT2D eigenvalue weighted by molar-refractivity contribution is 7.94. The molecule has 1 rings (SSSR count). The largest absolute Gasteiger partial charge is 0.707 e. The topological polar surface area (TPSA) is 95.9 Å². The number of anilines is 1. The lowest BCUT2D eigenvalue weighted by Gasteiger charge is -2.22. The molecular formula is C14H24BNO5S. The molecule has 22 heavy (non-hydrogen) atoms. The van der Waals surface area contributed by atoms with Crippen molar-refractivity contribution in [1.82, 2.24) is 0 Å². The van der Waals surface area contributed by atoms with Crippen LogP contribution >= 0.6 is 0 Å². The standard InChI is InChI=1S/C14H24BNO5S/c1-10(2)8-11-6-7-12(13(9-11)21-15(17)18)16-22(19,20)14(3,4)5/h6-7,9-10,16-18H,8H2,1-5H3. The van der Waals surface area contributed by atoms with Crippen LogP contribution in [0.1, 0.15) is 40.2 Å². The highest BCUT2D eigenvalue weighted by atomic mass is 32.2. The van der Waals surface area contributed by atoms with E-state index in [4.69, 9.17) is 14.7 Å². The Morgan fingerprint density at radius 2 is 1.86 bits per heavy atom. The van der Waals surface area contributed by atoms with Gasteiger partial charge in [0.25, 0.3) is 0 Å². The number of rotatable bonds is 6. The summed E-state index contributed by atoms with van der Waals surface area (Å²) in [6.07, 6.45) is 0.768. The Kier molecular flexibility index (Phi) is 5.89. The predicted molar refractivity (Wildman–Crippen MR) is 88.1 cm³/mol. The second-order valence-electron chi connectivity index (χ2n) is 6.59. The first-order chi connectivity index (χ1) is 9.92. The Balaban J connectivity index is 3.18. The van der Waals surface area contributed by atoms with Gasteiger partial charge in [0.1, 0.15) is 5.75 Å². The van der Waals surface area contributed by atoms with Crippen LogP contribution < -0.4 is 9.38 Å². The Labute approximate surface area is 132 Å². The van der Waals surface area contributed by atoms with Gasteiger partial charge in [0.05, 0.1) is 10.4 Å². The van der Waals surface area contributed by atoms with Gasteiger partial charge in [0.2, 0.25) is 10.0 Å². The second-order valence-corrected chi connectivity index (χ2v) is 9.03. The smallest absolute Gasteiger partial charge is 0.510 e. The van der Waals surface area contributed by atoms with Gasteiger partial charge in [-0.25, -0.2) is 8.42 Å². The van der Waals surface area contributed by atoms with Gasteiger partial charge in [-0.05, 0) is 50.8 Å². The Bertz CT molecular complexity index is 608. The van der Waals surface area contributed by atoms with E-state index in [1.165, 1.54) is 0 Å². The summed E-state index contributed by atoms with van der Waals surface area (Å²) >= 11 is 0. The third-order valence-electron chi connectivity index (χ3n) is 2.97. The number of hydrogen-bond donors (Lipinski definition) is 3. The van der Waals surface area contributed by atoms with Crippen molar-refractivity contribution in [3.05, 3.63) is 23.8 Å². The molecule has 0 bridgehead atoms. The molecular weight excluding hydrogens is 305 g/mol. The minimum Gasteiger partial charge on any atom is -0.510 e. The maximum atomic E-state index is 12.2. The fourth-order valence-corrected chi connectivity index (χ4v) is 2.52. The molecule has 0 fully saturated rings. The van der Waals surface area contributed by atoms with Gasteiger partial charge in [0.15, 0.2) is 0 Å². The van der Waals surface area contributed by atoms with E-state index in [0.29, 0.717) is 5.92 Å². The van der Waals surface area contributed by atoms with Crippen LogP contribution in [0.2, 0.25) is 0 Å². The lowest BCUT2D eigenvalue weighted by Crippen LogP contribution is -2.34. The summed E-state index contributed by atoms with van der Waals surface area (Å²) in [6, 6.07) is 4.97. The zero-order valence-electron chi connectivity index (χ0n) is 13.6. The minimum absolute atomic E-state index is 0.0842. The maximum absolute atomic E-state index is 12.2. The zero-order chi connectivity index (χ0) is 17.1. The Morgan fingerprint density at radius 1 is 1.27 bits per heavy atom. The number of benzene rings is 1. The van der Waals surface area contributed by atoms with Gasteiger partial charge in [-0.15, -0.1) is 0 Å². The van der Waals surface area contributed by atoms with Crippen LogP contribution in [0.4, 0.5) is 5.69 Å². The van der Waals surface area contributed by atoms with E-state index in [0.717, 1.165) is 12.0 Å². The van der Waals surface area contributed by atoms with Crippen molar-refractivity contribution in [3.63, 3.8) is 0 Å². The molecule has 0 aliphatic rings. The maximum Gasteiger partial charge on any atom is 0.707 e. The quantitative estimate of drug-likeness (QED) is 0.691. The first-order valence-electron chi connectivity index (χ1n) is 7.10. The summed E-state index contributed by atoms with van der Waals surface area (Å²) in [4.78, 5) is 0. The molecule has 0 aromatic heterocycles. The molecule has 0 radical (unpaired) electrons. The highest BCUT2D eigenvalue weighted by Gasteiger charge is 2.30. The van der Waals surface area contributed by atoms with Gasteiger partial charge >= 0.3 is 7.32 Å². The molecule has 0 aliphatic carbocycles. The van der Waals surface area contributed by atoms with Gasteiger partial charge in [-0.1, -0.05) is 19.9 Å². The fourth-order valence-electron chi connectivity index (χ4n) is 1.76. The van der Waals surface area contributed by atoms with Gasteiger partial charge in [-0.3, -0.25) is 4.72 Å². The first kappa shape index (κ1) is 18.8. The van der Waals surface area contributed by atoms with Crippen molar-refractivity contribution in [2.24, 2.45) is 5.92 Å². The van der Waals surface area contributed by atoms with Crippen LogP contribution in [0.5, 0.6) is 5.75 Å². The number of nitrogens with one attached hydrogen (secondary N) is 1. The average molecular weight is 329 g/mol. The third kappa shape index (κ3) is 5.19. The summed E-state index contributed by atoms with van der Waals surface area (Å²) in [5.74, 6) is 0.491. The zero-order valence-corrected chi connectivity index (χ0v) is 14.4. The molecule has 3 N–H and O–H groups in total. The summed E-state index contributed by atoms with van der Waals surface area (Å²) in [6.45, 7) is 8.83. The van der Waals surface area contributed by atoms with Gasteiger partial charge < -0.3 is 14.7 Å². The summed E-state index contributed by atoms with van der Waals surface area (Å²) in [5, 5.41) is 18.0. The lowest BCUT2D eigenvalue weighted by molar-refractivity contribution is 0.288. The van der Waals surface area contributed by atoms with Crippen LogP contribution in [0.25, 0.3) is 0 Å². The molecule has 8 heteroatoms.